The molecule has 0 amide bonds. The minimum atomic E-state index is -0.805. The van der Waals surface area contributed by atoms with Gasteiger partial charge in [0.15, 0.2) is 0 Å². The number of aliphatic hydroxyl groups is 1. The molecule has 2 aromatic heterocycles. The number of fused-ring (bicyclic) bond motifs is 1. The van der Waals surface area contributed by atoms with Crippen LogP contribution in [0.1, 0.15) is 17.2 Å². The number of nitrogen functional groups attached to an aromatic ring is 1. The molecule has 5 aromatic rings. The number of hydrogen-bond donors (Lipinski definition) is 5. The Morgan fingerprint density at radius 2 is 1.70 bits per heavy atom. The van der Waals surface area contributed by atoms with Gasteiger partial charge in [-0.1, -0.05) is 42.5 Å². The lowest BCUT2D eigenvalue weighted by atomic mass is 9.98. The molecule has 0 bridgehead atoms. The van der Waals surface area contributed by atoms with Crippen LogP contribution in [-0.2, 0) is 6.42 Å². The lowest BCUT2D eigenvalue weighted by Gasteiger charge is -2.16. The van der Waals surface area contributed by atoms with Crippen LogP contribution in [0.15, 0.2) is 96.1 Å². The van der Waals surface area contributed by atoms with Crippen LogP contribution >= 0.6 is 0 Å². The van der Waals surface area contributed by atoms with Crippen LogP contribution in [0.5, 0.6) is 5.75 Å². The zero-order valence-corrected chi connectivity index (χ0v) is 20.2. The van der Waals surface area contributed by atoms with Crippen LogP contribution in [0, 0.1) is 0 Å². The van der Waals surface area contributed by atoms with Crippen LogP contribution in [-0.4, -0.2) is 33.3 Å². The molecule has 0 aliphatic rings. The second-order valence-corrected chi connectivity index (χ2v) is 8.99. The highest BCUT2D eigenvalue weighted by molar-refractivity contribution is 5.87. The van der Waals surface area contributed by atoms with Gasteiger partial charge < -0.3 is 26.2 Å². The number of phenols is 1. The van der Waals surface area contributed by atoms with Crippen molar-refractivity contribution in [2.45, 2.75) is 12.5 Å². The highest BCUT2D eigenvalue weighted by Gasteiger charge is 2.14. The molecule has 7 nitrogen and oxygen atoms in total. The first-order chi connectivity index (χ1) is 18.0. The molecular weight excluding hydrogens is 464 g/mol. The molecule has 6 N–H and O–H groups in total. The first-order valence-electron chi connectivity index (χ1n) is 12.1. The van der Waals surface area contributed by atoms with Gasteiger partial charge in [0.1, 0.15) is 5.75 Å². The smallest absolute Gasteiger partial charge is 0.248 e. The fourth-order valence-corrected chi connectivity index (χ4v) is 4.54. The molecule has 0 fully saturated rings. The zero-order valence-electron chi connectivity index (χ0n) is 20.2. The standard InChI is InChI=1S/C30H28N4O3/c31-26-16-22(20-3-1-4-21(15-20)23-5-2-13-32-17-23)7-6-19(26)12-14-33-18-28(36)24-8-10-27(35)30-25(24)9-11-29(37)34-30/h1-11,13,15-17,28,33,35-36H,12,14,18,31H2,(H,34,37)/t28-/m0/s1. The second-order valence-electron chi connectivity index (χ2n) is 8.99. The summed E-state index contributed by atoms with van der Waals surface area (Å²) >= 11 is 0. The Morgan fingerprint density at radius 3 is 2.49 bits per heavy atom. The monoisotopic (exact) mass is 492 g/mol. The Balaban J connectivity index is 1.22. The quantitative estimate of drug-likeness (QED) is 0.161. The van der Waals surface area contributed by atoms with Gasteiger partial charge in [-0.2, -0.15) is 0 Å². The predicted molar refractivity (Wildman–Crippen MR) is 147 cm³/mol. The molecular formula is C30H28N4O3. The summed E-state index contributed by atoms with van der Waals surface area (Å²) in [5.41, 5.74) is 13.1. The Kier molecular flexibility index (Phi) is 6.98. The Bertz CT molecular complexity index is 1600. The summed E-state index contributed by atoms with van der Waals surface area (Å²) in [5.74, 6) is -0.0284. The minimum Gasteiger partial charge on any atom is -0.506 e. The van der Waals surface area contributed by atoms with E-state index in [1.54, 1.807) is 18.3 Å². The predicted octanol–water partition coefficient (Wildman–Crippen LogP) is 4.41. The van der Waals surface area contributed by atoms with Crippen molar-refractivity contribution in [1.82, 2.24) is 15.3 Å². The van der Waals surface area contributed by atoms with Crippen molar-refractivity contribution in [2.24, 2.45) is 0 Å². The Labute approximate surface area is 214 Å². The molecule has 37 heavy (non-hydrogen) atoms. The van der Waals surface area contributed by atoms with Crippen LogP contribution in [0.3, 0.4) is 0 Å². The summed E-state index contributed by atoms with van der Waals surface area (Å²) in [4.78, 5) is 18.4. The number of rotatable bonds is 8. The van der Waals surface area contributed by atoms with Gasteiger partial charge in [-0.25, -0.2) is 0 Å². The van der Waals surface area contributed by atoms with E-state index in [4.69, 9.17) is 5.73 Å². The number of anilines is 1. The number of phenolic OH excluding ortho intramolecular Hbond substituents is 1. The number of aromatic amines is 1. The number of H-pyrrole nitrogens is 1. The molecule has 3 aromatic carbocycles. The van der Waals surface area contributed by atoms with Gasteiger partial charge in [0.25, 0.3) is 0 Å². The van der Waals surface area contributed by atoms with Crippen molar-refractivity contribution in [3.05, 3.63) is 113 Å². The molecule has 0 aliphatic carbocycles. The van der Waals surface area contributed by atoms with E-state index in [-0.39, 0.29) is 11.3 Å². The third kappa shape index (κ3) is 5.38. The number of nitrogens with one attached hydrogen (secondary N) is 2. The second kappa shape index (κ2) is 10.7. The number of nitrogens with zero attached hydrogens (tertiary/aromatic N) is 1. The maximum Gasteiger partial charge on any atom is 0.248 e. The number of aromatic nitrogens is 2. The number of hydrogen-bond acceptors (Lipinski definition) is 6. The van der Waals surface area contributed by atoms with Crippen molar-refractivity contribution in [1.29, 1.82) is 0 Å². The highest BCUT2D eigenvalue weighted by Crippen LogP contribution is 2.30. The molecule has 0 unspecified atom stereocenters. The van der Waals surface area contributed by atoms with E-state index >= 15 is 0 Å². The summed E-state index contributed by atoms with van der Waals surface area (Å²) in [6, 6.07) is 24.5. The molecule has 1 atom stereocenters. The Morgan fingerprint density at radius 1 is 0.919 bits per heavy atom. The van der Waals surface area contributed by atoms with E-state index in [0.717, 1.165) is 33.5 Å². The Hall–Kier alpha value is -4.46. The van der Waals surface area contributed by atoms with E-state index in [1.165, 1.54) is 12.1 Å². The highest BCUT2D eigenvalue weighted by atomic mass is 16.3. The molecule has 5 rings (SSSR count). The van der Waals surface area contributed by atoms with Crippen molar-refractivity contribution >= 4 is 16.6 Å². The lowest BCUT2D eigenvalue weighted by Crippen LogP contribution is -2.24. The molecule has 0 aliphatic heterocycles. The van der Waals surface area contributed by atoms with Gasteiger partial charge in [0.2, 0.25) is 5.56 Å². The van der Waals surface area contributed by atoms with E-state index in [1.807, 2.05) is 36.5 Å². The van der Waals surface area contributed by atoms with Crippen molar-refractivity contribution in [3.8, 4) is 28.0 Å². The average molecular weight is 493 g/mol. The van der Waals surface area contributed by atoms with E-state index < -0.39 is 6.10 Å². The molecule has 2 heterocycles. The number of benzene rings is 3. The maximum atomic E-state index is 11.6. The maximum absolute atomic E-state index is 11.6. The van der Waals surface area contributed by atoms with E-state index in [0.29, 0.717) is 36.0 Å². The lowest BCUT2D eigenvalue weighted by molar-refractivity contribution is 0.176. The summed E-state index contributed by atoms with van der Waals surface area (Å²) in [6.45, 7) is 0.947. The van der Waals surface area contributed by atoms with Crippen molar-refractivity contribution in [2.75, 3.05) is 18.8 Å². The van der Waals surface area contributed by atoms with Crippen LogP contribution < -0.4 is 16.6 Å². The van der Waals surface area contributed by atoms with Gasteiger partial charge in [-0.05, 0) is 71.1 Å². The fourth-order valence-electron chi connectivity index (χ4n) is 4.54. The van der Waals surface area contributed by atoms with Crippen molar-refractivity contribution < 1.29 is 10.2 Å². The van der Waals surface area contributed by atoms with Gasteiger partial charge >= 0.3 is 0 Å². The normalized spacial score (nSPS) is 12.0. The summed E-state index contributed by atoms with van der Waals surface area (Å²) in [5, 5.41) is 24.7. The van der Waals surface area contributed by atoms with Gasteiger partial charge in [-0.15, -0.1) is 0 Å². The molecule has 0 spiro atoms. The number of nitrogens with two attached hydrogens (primary N) is 1. The van der Waals surface area contributed by atoms with Gasteiger partial charge in [0.05, 0.1) is 11.6 Å². The minimum absolute atomic E-state index is 0.0284. The zero-order chi connectivity index (χ0) is 25.8. The van der Waals surface area contributed by atoms with Crippen LogP contribution in [0.2, 0.25) is 0 Å². The van der Waals surface area contributed by atoms with Gasteiger partial charge in [0, 0.05) is 41.6 Å². The third-order valence-electron chi connectivity index (χ3n) is 6.51. The largest absolute Gasteiger partial charge is 0.506 e. The first kappa shape index (κ1) is 24.2. The molecule has 0 saturated carbocycles. The average Bonchev–Trinajstić information content (AvgIpc) is 2.92. The topological polar surface area (TPSA) is 124 Å². The molecule has 0 saturated heterocycles. The third-order valence-corrected chi connectivity index (χ3v) is 6.51. The SMILES string of the molecule is Nc1cc(-c2cccc(-c3cccnc3)c2)ccc1CCNC[C@H](O)c1ccc(O)c2[nH]c(=O)ccc12. The van der Waals surface area contributed by atoms with Gasteiger partial charge in [-0.3, -0.25) is 9.78 Å². The summed E-state index contributed by atoms with van der Waals surface area (Å²) in [7, 11) is 0. The van der Waals surface area contributed by atoms with E-state index in [9.17, 15) is 15.0 Å². The molecule has 7 heteroatoms. The first-order valence-corrected chi connectivity index (χ1v) is 12.1. The molecule has 186 valence electrons. The number of aliphatic hydroxyl groups excluding tert-OH is 1. The summed E-state index contributed by atoms with van der Waals surface area (Å²) in [6.07, 6.45) is 3.52. The van der Waals surface area contributed by atoms with Crippen LogP contribution in [0.4, 0.5) is 5.69 Å². The fraction of sp³-hybridized carbons (Fsp3) is 0.133. The number of aromatic hydroxyl groups is 1. The number of pyridine rings is 2. The molecule has 0 radical (unpaired) electrons. The van der Waals surface area contributed by atoms with E-state index in [2.05, 4.69) is 39.6 Å². The van der Waals surface area contributed by atoms with Crippen LogP contribution in [0.25, 0.3) is 33.2 Å². The van der Waals surface area contributed by atoms with Crippen molar-refractivity contribution in [3.63, 3.8) is 0 Å². The summed E-state index contributed by atoms with van der Waals surface area (Å²) < 4.78 is 0.